The summed E-state index contributed by atoms with van der Waals surface area (Å²) in [5.41, 5.74) is 1.92. The first-order valence-corrected chi connectivity index (χ1v) is 13.9. The predicted octanol–water partition coefficient (Wildman–Crippen LogP) is 4.11. The molecule has 180 valence electrons. The van der Waals surface area contributed by atoms with Gasteiger partial charge in [0.25, 0.3) is 10.0 Å². The number of hydrogen-bond donors (Lipinski definition) is 2. The van der Waals surface area contributed by atoms with Crippen LogP contribution in [0.25, 0.3) is 0 Å². The van der Waals surface area contributed by atoms with Crippen molar-refractivity contribution >= 4 is 54.6 Å². The second-order valence-corrected chi connectivity index (χ2v) is 11.5. The first-order valence-electron chi connectivity index (χ1n) is 10.2. The van der Waals surface area contributed by atoms with Crippen LogP contribution in [0.3, 0.4) is 0 Å². The number of carbonyl (C=O) groups is 1. The Labute approximate surface area is 204 Å². The van der Waals surface area contributed by atoms with Crippen LogP contribution in [0.4, 0.5) is 17.1 Å². The van der Waals surface area contributed by atoms with E-state index in [1.807, 2.05) is 13.0 Å². The van der Waals surface area contributed by atoms with Crippen molar-refractivity contribution in [3.8, 4) is 0 Å². The third-order valence-corrected chi connectivity index (χ3v) is 7.65. The molecule has 0 aliphatic carbocycles. The molecule has 0 saturated heterocycles. The molecule has 0 atom stereocenters. The summed E-state index contributed by atoms with van der Waals surface area (Å²) in [6.45, 7) is 1.48. The molecular weight excluding hydrogens is 498 g/mol. The summed E-state index contributed by atoms with van der Waals surface area (Å²) in [6.07, 6.45) is 1.64. The lowest BCUT2D eigenvalue weighted by Crippen LogP contribution is -2.38. The highest BCUT2D eigenvalue weighted by atomic mass is 35.5. The fraction of sp³-hybridized carbons (Fsp3) is 0.174. The van der Waals surface area contributed by atoms with Crippen molar-refractivity contribution in [3.05, 3.63) is 83.4 Å². The molecule has 0 bridgehead atoms. The van der Waals surface area contributed by atoms with Crippen LogP contribution in [0.5, 0.6) is 0 Å². The lowest BCUT2D eigenvalue weighted by atomic mass is 10.1. The molecule has 3 aromatic rings. The zero-order valence-corrected chi connectivity index (χ0v) is 20.9. The van der Waals surface area contributed by atoms with E-state index in [4.69, 9.17) is 11.6 Å². The Morgan fingerprint density at radius 3 is 2.06 bits per heavy atom. The number of nitrogens with one attached hydrogen (secondary N) is 2. The monoisotopic (exact) mass is 521 g/mol. The van der Waals surface area contributed by atoms with Crippen LogP contribution in [0.15, 0.2) is 77.7 Å². The van der Waals surface area contributed by atoms with Crippen LogP contribution in [0.1, 0.15) is 12.5 Å². The highest BCUT2D eigenvalue weighted by Gasteiger charge is 2.23. The van der Waals surface area contributed by atoms with Crippen molar-refractivity contribution in [2.75, 3.05) is 27.1 Å². The molecule has 3 rings (SSSR count). The Morgan fingerprint density at radius 1 is 0.882 bits per heavy atom. The van der Waals surface area contributed by atoms with E-state index < -0.39 is 32.5 Å². The molecule has 0 heterocycles. The minimum Gasteiger partial charge on any atom is -0.325 e. The van der Waals surface area contributed by atoms with Crippen LogP contribution in [-0.4, -0.2) is 35.5 Å². The molecule has 11 heteroatoms. The van der Waals surface area contributed by atoms with E-state index in [0.717, 1.165) is 16.1 Å². The van der Waals surface area contributed by atoms with Gasteiger partial charge in [-0.25, -0.2) is 16.8 Å². The van der Waals surface area contributed by atoms with Crippen molar-refractivity contribution in [1.82, 2.24) is 0 Å². The molecule has 0 radical (unpaired) electrons. The van der Waals surface area contributed by atoms with Gasteiger partial charge in [0.05, 0.1) is 16.8 Å². The lowest BCUT2D eigenvalue weighted by molar-refractivity contribution is -0.114. The zero-order valence-electron chi connectivity index (χ0n) is 18.5. The normalized spacial score (nSPS) is 11.6. The van der Waals surface area contributed by atoms with E-state index in [1.54, 1.807) is 42.5 Å². The van der Waals surface area contributed by atoms with Crippen LogP contribution >= 0.6 is 11.6 Å². The molecule has 0 saturated carbocycles. The maximum Gasteiger partial charge on any atom is 0.261 e. The molecular formula is C23H24ClN3O5S2. The van der Waals surface area contributed by atoms with E-state index in [9.17, 15) is 21.6 Å². The summed E-state index contributed by atoms with van der Waals surface area (Å²) < 4.78 is 53.4. The average Bonchev–Trinajstić information content (AvgIpc) is 2.78. The summed E-state index contributed by atoms with van der Waals surface area (Å²) >= 11 is 5.82. The Balaban J connectivity index is 1.73. The van der Waals surface area contributed by atoms with Crippen LogP contribution in [0.2, 0.25) is 5.02 Å². The molecule has 34 heavy (non-hydrogen) atoms. The molecule has 0 unspecified atom stereocenters. The number of amides is 1. The molecule has 0 spiro atoms. The third kappa shape index (κ3) is 6.49. The van der Waals surface area contributed by atoms with E-state index in [0.29, 0.717) is 28.5 Å². The fourth-order valence-electron chi connectivity index (χ4n) is 3.21. The molecule has 0 aromatic heterocycles. The largest absolute Gasteiger partial charge is 0.325 e. The molecule has 0 aliphatic rings. The first kappa shape index (κ1) is 25.5. The van der Waals surface area contributed by atoms with Crippen molar-refractivity contribution in [1.29, 1.82) is 0 Å². The number of hydrogen-bond acceptors (Lipinski definition) is 5. The third-order valence-electron chi connectivity index (χ3n) is 4.87. The minimum atomic E-state index is -3.85. The van der Waals surface area contributed by atoms with Crippen LogP contribution in [0, 0.1) is 0 Å². The standard InChI is InChI=1S/C23H24ClN3O5S2/c1-3-17-6-4-5-7-22(17)27(33(2,29)30)16-23(28)25-19-12-14-21(15-13-19)34(31,32)26-20-10-8-18(24)9-11-20/h4-15,26H,3,16H2,1-2H3,(H,25,28). The number of nitrogens with zero attached hydrogens (tertiary/aromatic N) is 1. The van der Waals surface area contributed by atoms with Gasteiger partial charge < -0.3 is 5.32 Å². The van der Waals surface area contributed by atoms with Gasteiger partial charge in [-0.15, -0.1) is 0 Å². The van der Waals surface area contributed by atoms with Gasteiger partial charge in [-0.05, 0) is 66.6 Å². The number of anilines is 3. The van der Waals surface area contributed by atoms with Gasteiger partial charge in [0.1, 0.15) is 6.54 Å². The van der Waals surface area contributed by atoms with Crippen LogP contribution in [-0.2, 0) is 31.3 Å². The van der Waals surface area contributed by atoms with Gasteiger partial charge in [0.15, 0.2) is 0 Å². The quantitative estimate of drug-likeness (QED) is 0.440. The minimum absolute atomic E-state index is 0.00455. The summed E-state index contributed by atoms with van der Waals surface area (Å²) in [5, 5.41) is 3.09. The Morgan fingerprint density at radius 2 is 1.47 bits per heavy atom. The van der Waals surface area contributed by atoms with Crippen molar-refractivity contribution in [2.45, 2.75) is 18.2 Å². The SMILES string of the molecule is CCc1ccccc1N(CC(=O)Nc1ccc(S(=O)(=O)Nc2ccc(Cl)cc2)cc1)S(C)(=O)=O. The number of para-hydroxylation sites is 1. The molecule has 0 fully saturated rings. The Hall–Kier alpha value is -3.08. The number of halogens is 1. The van der Waals surface area contributed by atoms with Gasteiger partial charge in [-0.3, -0.25) is 13.8 Å². The summed E-state index contributed by atoms with van der Waals surface area (Å²) in [6, 6.07) is 18.7. The highest BCUT2D eigenvalue weighted by Crippen LogP contribution is 2.24. The highest BCUT2D eigenvalue weighted by molar-refractivity contribution is 7.92. The maximum absolute atomic E-state index is 12.6. The van der Waals surface area contributed by atoms with Crippen molar-refractivity contribution in [2.24, 2.45) is 0 Å². The molecule has 0 aliphatic heterocycles. The average molecular weight is 522 g/mol. The number of carbonyl (C=O) groups excluding carboxylic acids is 1. The lowest BCUT2D eigenvalue weighted by Gasteiger charge is -2.24. The second-order valence-electron chi connectivity index (χ2n) is 7.44. The molecule has 3 aromatic carbocycles. The zero-order chi connectivity index (χ0) is 24.9. The van der Waals surface area contributed by atoms with Crippen molar-refractivity contribution in [3.63, 3.8) is 0 Å². The fourth-order valence-corrected chi connectivity index (χ4v) is 5.29. The topological polar surface area (TPSA) is 113 Å². The maximum atomic E-state index is 12.6. The smallest absolute Gasteiger partial charge is 0.261 e. The number of benzene rings is 3. The number of sulfonamides is 2. The van der Waals surface area contributed by atoms with E-state index in [-0.39, 0.29) is 4.90 Å². The van der Waals surface area contributed by atoms with Gasteiger partial charge in [-0.1, -0.05) is 36.7 Å². The summed E-state index contributed by atoms with van der Waals surface area (Å²) in [7, 11) is -7.57. The van der Waals surface area contributed by atoms with Gasteiger partial charge in [0.2, 0.25) is 15.9 Å². The Kier molecular flexibility index (Phi) is 7.86. The van der Waals surface area contributed by atoms with E-state index in [1.165, 1.54) is 24.3 Å². The molecule has 8 nitrogen and oxygen atoms in total. The summed E-state index contributed by atoms with van der Waals surface area (Å²) in [4.78, 5) is 12.6. The molecule has 2 N–H and O–H groups in total. The number of aryl methyl sites for hydroxylation is 1. The van der Waals surface area contributed by atoms with Gasteiger partial charge >= 0.3 is 0 Å². The Bertz CT molecular complexity index is 1370. The second kappa shape index (κ2) is 10.5. The van der Waals surface area contributed by atoms with Gasteiger partial charge in [-0.2, -0.15) is 0 Å². The number of rotatable bonds is 9. The molecule has 1 amide bonds. The van der Waals surface area contributed by atoms with Crippen molar-refractivity contribution < 1.29 is 21.6 Å². The van der Waals surface area contributed by atoms with Crippen LogP contribution < -0.4 is 14.3 Å². The summed E-state index contributed by atoms with van der Waals surface area (Å²) in [5.74, 6) is -0.564. The predicted molar refractivity (Wildman–Crippen MR) is 135 cm³/mol. The van der Waals surface area contributed by atoms with E-state index in [2.05, 4.69) is 10.0 Å². The van der Waals surface area contributed by atoms with E-state index >= 15 is 0 Å². The van der Waals surface area contributed by atoms with Gasteiger partial charge in [0, 0.05) is 16.4 Å². The first-order chi connectivity index (χ1) is 16.0.